The first-order chi connectivity index (χ1) is 7.82. The second kappa shape index (κ2) is 5.78. The van der Waals surface area contributed by atoms with Crippen molar-refractivity contribution in [3.8, 4) is 0 Å². The lowest BCUT2D eigenvalue weighted by molar-refractivity contribution is -0.119. The van der Waals surface area contributed by atoms with E-state index in [1.807, 2.05) is 0 Å². The summed E-state index contributed by atoms with van der Waals surface area (Å²) in [6.07, 6.45) is 2.05. The molecule has 0 bridgehead atoms. The molecule has 0 radical (unpaired) electrons. The van der Waals surface area contributed by atoms with Gasteiger partial charge in [-0.15, -0.1) is 11.3 Å². The molecule has 1 atom stereocenters. The van der Waals surface area contributed by atoms with Gasteiger partial charge >= 0.3 is 0 Å². The van der Waals surface area contributed by atoms with Crippen LogP contribution in [0.3, 0.4) is 0 Å². The summed E-state index contributed by atoms with van der Waals surface area (Å²) in [6, 6.07) is 4.11. The number of rotatable bonds is 5. The van der Waals surface area contributed by atoms with Crippen LogP contribution < -0.4 is 5.73 Å². The monoisotopic (exact) mass is 253 g/mol. The zero-order chi connectivity index (χ0) is 13.1. The van der Waals surface area contributed by atoms with Gasteiger partial charge in [-0.2, -0.15) is 0 Å². The smallest absolute Gasteiger partial charge is 0.139 e. The van der Waals surface area contributed by atoms with Crippen molar-refractivity contribution in [3.63, 3.8) is 0 Å². The lowest BCUT2D eigenvalue weighted by Crippen LogP contribution is -2.37. The maximum absolute atomic E-state index is 11.9. The van der Waals surface area contributed by atoms with Crippen LogP contribution >= 0.6 is 11.3 Å². The highest BCUT2D eigenvalue weighted by molar-refractivity contribution is 7.12. The minimum atomic E-state index is -0.0550. The molecular weight excluding hydrogens is 230 g/mol. The van der Waals surface area contributed by atoms with Crippen LogP contribution in [-0.4, -0.2) is 11.8 Å². The van der Waals surface area contributed by atoms with Crippen molar-refractivity contribution in [3.05, 3.63) is 21.9 Å². The minimum Gasteiger partial charge on any atom is -0.327 e. The van der Waals surface area contributed by atoms with E-state index in [4.69, 9.17) is 5.73 Å². The Bertz CT molecular complexity index is 376. The predicted octanol–water partition coefficient (Wildman–Crippen LogP) is 3.19. The van der Waals surface area contributed by atoms with E-state index in [0.29, 0.717) is 12.8 Å². The molecule has 2 N–H and O–H groups in total. The fourth-order valence-electron chi connectivity index (χ4n) is 1.53. The number of hydrogen-bond donors (Lipinski definition) is 1. The second-order valence-corrected chi connectivity index (χ2v) is 6.87. The molecule has 1 heterocycles. The summed E-state index contributed by atoms with van der Waals surface area (Å²) in [5.41, 5.74) is 6.02. The first-order valence-corrected chi connectivity index (χ1v) is 6.99. The molecule has 0 saturated carbocycles. The lowest BCUT2D eigenvalue weighted by atomic mass is 9.84. The molecule has 0 fully saturated rings. The standard InChI is InChI=1S/C14H23NOS/c1-5-11-6-7-12(17-11)8-10(16)9-13(15)14(2,3)4/h6-7,13H,5,8-9,15H2,1-4H3. The summed E-state index contributed by atoms with van der Waals surface area (Å²) in [4.78, 5) is 14.4. The SMILES string of the molecule is CCc1ccc(CC(=O)CC(N)C(C)(C)C)s1. The van der Waals surface area contributed by atoms with Gasteiger partial charge in [0.15, 0.2) is 0 Å². The summed E-state index contributed by atoms with van der Waals surface area (Å²) in [6.45, 7) is 8.36. The zero-order valence-corrected chi connectivity index (χ0v) is 12.1. The van der Waals surface area contributed by atoms with Gasteiger partial charge in [-0.1, -0.05) is 27.7 Å². The van der Waals surface area contributed by atoms with E-state index in [2.05, 4.69) is 39.8 Å². The van der Waals surface area contributed by atoms with Gasteiger partial charge in [-0.25, -0.2) is 0 Å². The summed E-state index contributed by atoms with van der Waals surface area (Å²) in [5, 5.41) is 0. The van der Waals surface area contributed by atoms with E-state index in [1.165, 1.54) is 4.88 Å². The van der Waals surface area contributed by atoms with E-state index in [0.717, 1.165) is 11.3 Å². The van der Waals surface area contributed by atoms with Gasteiger partial charge in [0.25, 0.3) is 0 Å². The molecule has 96 valence electrons. The fraction of sp³-hybridized carbons (Fsp3) is 0.643. The average Bonchev–Trinajstić information content (AvgIpc) is 2.63. The summed E-state index contributed by atoms with van der Waals surface area (Å²) >= 11 is 1.73. The molecule has 17 heavy (non-hydrogen) atoms. The van der Waals surface area contributed by atoms with Crippen LogP contribution in [0, 0.1) is 5.41 Å². The average molecular weight is 253 g/mol. The van der Waals surface area contributed by atoms with Gasteiger partial charge in [0.05, 0.1) is 0 Å². The number of ketones is 1. The molecule has 3 heteroatoms. The number of thiophene rings is 1. The lowest BCUT2D eigenvalue weighted by Gasteiger charge is -2.26. The molecule has 1 aromatic rings. The van der Waals surface area contributed by atoms with Crippen LogP contribution in [0.25, 0.3) is 0 Å². The molecule has 0 saturated heterocycles. The van der Waals surface area contributed by atoms with Crippen molar-refractivity contribution in [2.75, 3.05) is 0 Å². The third-order valence-electron chi connectivity index (χ3n) is 3.00. The number of nitrogens with two attached hydrogens (primary N) is 1. The number of Topliss-reactive ketones (excluding diaryl/α,β-unsaturated/α-hetero) is 1. The Hall–Kier alpha value is -0.670. The summed E-state index contributed by atoms with van der Waals surface area (Å²) < 4.78 is 0. The van der Waals surface area contributed by atoms with Crippen LogP contribution in [-0.2, 0) is 17.6 Å². The predicted molar refractivity (Wildman–Crippen MR) is 74.5 cm³/mol. The van der Waals surface area contributed by atoms with Crippen molar-refractivity contribution in [1.82, 2.24) is 0 Å². The summed E-state index contributed by atoms with van der Waals surface area (Å²) in [5.74, 6) is 0.247. The molecule has 2 nitrogen and oxygen atoms in total. The molecule has 0 aliphatic rings. The highest BCUT2D eigenvalue weighted by atomic mass is 32.1. The number of carbonyl (C=O) groups excluding carboxylic acids is 1. The Morgan fingerprint density at radius 1 is 1.35 bits per heavy atom. The molecule has 1 unspecified atom stereocenters. The molecule has 1 aromatic heterocycles. The van der Waals surface area contributed by atoms with Crippen molar-refractivity contribution < 1.29 is 4.79 Å². The van der Waals surface area contributed by atoms with E-state index < -0.39 is 0 Å². The van der Waals surface area contributed by atoms with E-state index in [1.54, 1.807) is 11.3 Å². The number of aryl methyl sites for hydroxylation is 1. The van der Waals surface area contributed by atoms with Gasteiger partial charge in [-0.05, 0) is 24.0 Å². The van der Waals surface area contributed by atoms with Gasteiger partial charge in [0.2, 0.25) is 0 Å². The molecule has 0 aromatic carbocycles. The van der Waals surface area contributed by atoms with Crippen molar-refractivity contribution in [2.45, 2.75) is 53.0 Å². The molecule has 0 aliphatic heterocycles. The largest absolute Gasteiger partial charge is 0.327 e. The minimum absolute atomic E-state index is 0.000309. The normalized spacial score (nSPS) is 13.7. The molecule has 0 aliphatic carbocycles. The molecular formula is C14H23NOS. The Labute approximate surface area is 108 Å². The van der Waals surface area contributed by atoms with Gasteiger partial charge in [0.1, 0.15) is 5.78 Å². The molecule has 0 spiro atoms. The zero-order valence-electron chi connectivity index (χ0n) is 11.2. The van der Waals surface area contributed by atoms with Crippen molar-refractivity contribution >= 4 is 17.1 Å². The molecule has 0 amide bonds. The van der Waals surface area contributed by atoms with E-state index in [9.17, 15) is 4.79 Å². The first kappa shape index (κ1) is 14.4. The van der Waals surface area contributed by atoms with Crippen LogP contribution in [0.4, 0.5) is 0 Å². The Kier molecular flexibility index (Phi) is 4.90. The van der Waals surface area contributed by atoms with E-state index >= 15 is 0 Å². The Morgan fingerprint density at radius 3 is 2.41 bits per heavy atom. The van der Waals surface area contributed by atoms with Gasteiger partial charge in [-0.3, -0.25) is 4.79 Å². The van der Waals surface area contributed by atoms with E-state index in [-0.39, 0.29) is 17.2 Å². The fourth-order valence-corrected chi connectivity index (χ4v) is 2.51. The third kappa shape index (κ3) is 4.60. The first-order valence-electron chi connectivity index (χ1n) is 6.17. The topological polar surface area (TPSA) is 43.1 Å². The van der Waals surface area contributed by atoms with Gasteiger partial charge < -0.3 is 5.73 Å². The Morgan fingerprint density at radius 2 is 1.94 bits per heavy atom. The Balaban J connectivity index is 2.50. The summed E-state index contributed by atoms with van der Waals surface area (Å²) in [7, 11) is 0. The van der Waals surface area contributed by atoms with Crippen LogP contribution in [0.5, 0.6) is 0 Å². The quantitative estimate of drug-likeness (QED) is 0.875. The number of hydrogen-bond acceptors (Lipinski definition) is 3. The maximum Gasteiger partial charge on any atom is 0.139 e. The highest BCUT2D eigenvalue weighted by Gasteiger charge is 2.23. The van der Waals surface area contributed by atoms with Crippen LogP contribution in [0.2, 0.25) is 0 Å². The number of carbonyl (C=O) groups is 1. The maximum atomic E-state index is 11.9. The van der Waals surface area contributed by atoms with Crippen LogP contribution in [0.15, 0.2) is 12.1 Å². The van der Waals surface area contributed by atoms with Crippen LogP contribution in [0.1, 0.15) is 43.9 Å². The van der Waals surface area contributed by atoms with Crippen molar-refractivity contribution in [1.29, 1.82) is 0 Å². The highest BCUT2D eigenvalue weighted by Crippen LogP contribution is 2.22. The van der Waals surface area contributed by atoms with Gasteiger partial charge in [0, 0.05) is 28.6 Å². The van der Waals surface area contributed by atoms with Crippen molar-refractivity contribution in [2.24, 2.45) is 11.1 Å². The third-order valence-corrected chi connectivity index (χ3v) is 4.23. The molecule has 1 rings (SSSR count). The second-order valence-electron chi connectivity index (χ2n) is 5.61.